The molecule has 1 atom stereocenters. The first-order chi connectivity index (χ1) is 11.8. The number of nitrogens with zero attached hydrogens (tertiary/aromatic N) is 4. The van der Waals surface area contributed by atoms with E-state index in [-0.39, 0.29) is 5.91 Å². The van der Waals surface area contributed by atoms with Gasteiger partial charge < -0.3 is 5.32 Å². The normalized spacial score (nSPS) is 12.4. The van der Waals surface area contributed by atoms with Gasteiger partial charge in [-0.2, -0.15) is 4.98 Å². The Labute approximate surface area is 158 Å². The van der Waals surface area contributed by atoms with Gasteiger partial charge in [0.25, 0.3) is 5.78 Å². The van der Waals surface area contributed by atoms with E-state index in [1.54, 1.807) is 29.6 Å². The fourth-order valence-electron chi connectivity index (χ4n) is 2.24. The SMILES string of the molecule is Cc1cc(C)n2nc(SC(C)C(=O)Nc3cccc(Cl)c3Cl)nc2n1. The highest BCUT2D eigenvalue weighted by atomic mass is 35.5. The van der Waals surface area contributed by atoms with Crippen molar-refractivity contribution in [3.63, 3.8) is 0 Å². The van der Waals surface area contributed by atoms with Gasteiger partial charge in [-0.3, -0.25) is 4.79 Å². The summed E-state index contributed by atoms with van der Waals surface area (Å²) in [6.07, 6.45) is 0. The van der Waals surface area contributed by atoms with E-state index in [1.165, 1.54) is 11.8 Å². The Morgan fingerprint density at radius 2 is 2.04 bits per heavy atom. The van der Waals surface area contributed by atoms with Crippen molar-refractivity contribution in [2.75, 3.05) is 5.32 Å². The van der Waals surface area contributed by atoms with E-state index in [4.69, 9.17) is 23.2 Å². The lowest BCUT2D eigenvalue weighted by atomic mass is 10.3. The third kappa shape index (κ3) is 3.89. The number of amides is 1. The number of carbonyl (C=O) groups is 1. The van der Waals surface area contributed by atoms with Crippen LogP contribution in [0.3, 0.4) is 0 Å². The molecule has 0 aliphatic carbocycles. The monoisotopic (exact) mass is 395 g/mol. The van der Waals surface area contributed by atoms with Crippen LogP contribution < -0.4 is 5.32 Å². The molecule has 1 aromatic carbocycles. The number of benzene rings is 1. The van der Waals surface area contributed by atoms with Crippen LogP contribution in [-0.2, 0) is 4.79 Å². The summed E-state index contributed by atoms with van der Waals surface area (Å²) in [6, 6.07) is 7.01. The molecule has 0 bridgehead atoms. The maximum atomic E-state index is 12.4. The number of aryl methyl sites for hydroxylation is 2. The molecular formula is C16H15Cl2N5OS. The topological polar surface area (TPSA) is 72.2 Å². The second-order valence-electron chi connectivity index (χ2n) is 5.50. The molecule has 1 unspecified atom stereocenters. The van der Waals surface area contributed by atoms with Crippen LogP contribution in [0.1, 0.15) is 18.3 Å². The Balaban J connectivity index is 1.75. The van der Waals surface area contributed by atoms with E-state index >= 15 is 0 Å². The lowest BCUT2D eigenvalue weighted by molar-refractivity contribution is -0.115. The van der Waals surface area contributed by atoms with Gasteiger partial charge in [0.1, 0.15) is 0 Å². The quantitative estimate of drug-likeness (QED) is 0.671. The molecule has 25 heavy (non-hydrogen) atoms. The van der Waals surface area contributed by atoms with Crippen LogP contribution in [0.15, 0.2) is 29.4 Å². The largest absolute Gasteiger partial charge is 0.324 e. The van der Waals surface area contributed by atoms with E-state index in [0.29, 0.717) is 26.7 Å². The van der Waals surface area contributed by atoms with Crippen LogP contribution in [0.2, 0.25) is 10.0 Å². The molecule has 9 heteroatoms. The minimum atomic E-state index is -0.422. The van der Waals surface area contributed by atoms with Crippen molar-refractivity contribution >= 4 is 52.3 Å². The van der Waals surface area contributed by atoms with Gasteiger partial charge in [0.2, 0.25) is 11.1 Å². The minimum absolute atomic E-state index is 0.214. The highest BCUT2D eigenvalue weighted by molar-refractivity contribution is 8.00. The highest BCUT2D eigenvalue weighted by Crippen LogP contribution is 2.30. The number of carbonyl (C=O) groups excluding carboxylic acids is 1. The maximum Gasteiger partial charge on any atom is 0.253 e. The Morgan fingerprint density at radius 3 is 2.80 bits per heavy atom. The Morgan fingerprint density at radius 1 is 1.28 bits per heavy atom. The van der Waals surface area contributed by atoms with E-state index in [2.05, 4.69) is 20.4 Å². The van der Waals surface area contributed by atoms with Gasteiger partial charge >= 0.3 is 0 Å². The van der Waals surface area contributed by atoms with Gasteiger partial charge in [-0.25, -0.2) is 9.50 Å². The van der Waals surface area contributed by atoms with E-state index in [0.717, 1.165) is 11.4 Å². The van der Waals surface area contributed by atoms with Crippen LogP contribution in [-0.4, -0.2) is 30.7 Å². The van der Waals surface area contributed by atoms with Crippen LogP contribution in [0, 0.1) is 13.8 Å². The number of thioether (sulfide) groups is 1. The fourth-order valence-corrected chi connectivity index (χ4v) is 3.34. The Hall–Kier alpha value is -1.83. The molecule has 3 aromatic rings. The molecule has 6 nitrogen and oxygen atoms in total. The summed E-state index contributed by atoms with van der Waals surface area (Å²) in [5.41, 5.74) is 2.28. The zero-order valence-electron chi connectivity index (χ0n) is 13.7. The first kappa shape index (κ1) is 18.0. The van der Waals surface area contributed by atoms with E-state index < -0.39 is 5.25 Å². The zero-order chi connectivity index (χ0) is 18.1. The van der Waals surface area contributed by atoms with Gasteiger partial charge in [-0.15, -0.1) is 5.10 Å². The van der Waals surface area contributed by atoms with Gasteiger partial charge in [0, 0.05) is 11.4 Å². The highest BCUT2D eigenvalue weighted by Gasteiger charge is 2.19. The zero-order valence-corrected chi connectivity index (χ0v) is 16.1. The number of halogens is 2. The van der Waals surface area contributed by atoms with E-state index in [9.17, 15) is 4.79 Å². The summed E-state index contributed by atoms with van der Waals surface area (Å²) >= 11 is 13.3. The first-order valence-corrected chi connectivity index (χ1v) is 9.11. The van der Waals surface area contributed by atoms with Crippen molar-refractivity contribution in [1.29, 1.82) is 0 Å². The summed E-state index contributed by atoms with van der Waals surface area (Å²) in [4.78, 5) is 21.1. The number of anilines is 1. The van der Waals surface area contributed by atoms with E-state index in [1.807, 2.05) is 19.9 Å². The fraction of sp³-hybridized carbons (Fsp3) is 0.250. The van der Waals surface area contributed by atoms with Gasteiger partial charge in [0.05, 0.1) is 21.0 Å². The minimum Gasteiger partial charge on any atom is -0.324 e. The van der Waals surface area contributed by atoms with Crippen LogP contribution in [0.5, 0.6) is 0 Å². The second-order valence-corrected chi connectivity index (χ2v) is 7.59. The molecule has 0 aliphatic rings. The molecule has 0 radical (unpaired) electrons. The van der Waals surface area contributed by atoms with Gasteiger partial charge in [-0.1, -0.05) is 41.0 Å². The predicted molar refractivity (Wildman–Crippen MR) is 101 cm³/mol. The van der Waals surface area contributed by atoms with Crippen molar-refractivity contribution in [2.45, 2.75) is 31.2 Å². The molecule has 1 amide bonds. The van der Waals surface area contributed by atoms with Crippen LogP contribution >= 0.6 is 35.0 Å². The summed E-state index contributed by atoms with van der Waals surface area (Å²) in [5, 5.41) is 7.93. The molecule has 130 valence electrons. The number of aromatic nitrogens is 4. The second kappa shape index (κ2) is 7.19. The number of nitrogens with one attached hydrogen (secondary N) is 1. The molecular weight excluding hydrogens is 381 g/mol. The molecule has 1 N–H and O–H groups in total. The standard InChI is InChI=1S/C16H15Cl2N5OS/c1-8-7-9(2)23-15(19-8)21-16(22-23)25-10(3)14(24)20-12-6-4-5-11(17)13(12)18/h4-7,10H,1-3H3,(H,20,24). The first-order valence-electron chi connectivity index (χ1n) is 7.47. The van der Waals surface area contributed by atoms with Crippen molar-refractivity contribution in [1.82, 2.24) is 19.6 Å². The predicted octanol–water partition coefficient (Wildman–Crippen LogP) is 4.17. The summed E-state index contributed by atoms with van der Waals surface area (Å²) in [6.45, 7) is 5.61. The molecule has 0 fully saturated rings. The molecule has 2 heterocycles. The summed E-state index contributed by atoms with van der Waals surface area (Å²) in [7, 11) is 0. The molecule has 3 rings (SSSR count). The maximum absolute atomic E-state index is 12.4. The van der Waals surface area contributed by atoms with Crippen LogP contribution in [0.25, 0.3) is 5.78 Å². The number of fused-ring (bicyclic) bond motifs is 1. The molecule has 2 aromatic heterocycles. The number of hydrogen-bond donors (Lipinski definition) is 1. The van der Waals surface area contributed by atoms with Gasteiger partial charge in [0.15, 0.2) is 0 Å². The molecule has 0 spiro atoms. The average Bonchev–Trinajstić information content (AvgIpc) is 2.94. The summed E-state index contributed by atoms with van der Waals surface area (Å²) in [5.74, 6) is 0.305. The lowest BCUT2D eigenvalue weighted by Gasteiger charge is -2.11. The summed E-state index contributed by atoms with van der Waals surface area (Å²) < 4.78 is 1.66. The van der Waals surface area contributed by atoms with Crippen molar-refractivity contribution in [3.05, 3.63) is 45.7 Å². The third-order valence-corrected chi connectivity index (χ3v) is 5.23. The van der Waals surface area contributed by atoms with Crippen molar-refractivity contribution in [3.8, 4) is 0 Å². The van der Waals surface area contributed by atoms with Crippen molar-refractivity contribution in [2.24, 2.45) is 0 Å². The average molecular weight is 396 g/mol. The Bertz CT molecular complexity index is 959. The van der Waals surface area contributed by atoms with Gasteiger partial charge in [-0.05, 0) is 39.0 Å². The molecule has 0 saturated carbocycles. The van der Waals surface area contributed by atoms with Crippen molar-refractivity contribution < 1.29 is 4.79 Å². The third-order valence-electron chi connectivity index (χ3n) is 3.46. The Kier molecular flexibility index (Phi) is 5.17. The van der Waals surface area contributed by atoms with Crippen LogP contribution in [0.4, 0.5) is 5.69 Å². The number of rotatable bonds is 4. The molecule has 0 aliphatic heterocycles. The smallest absolute Gasteiger partial charge is 0.253 e. The molecule has 0 saturated heterocycles. The number of hydrogen-bond acceptors (Lipinski definition) is 5. The lowest BCUT2D eigenvalue weighted by Crippen LogP contribution is -2.22.